The Balaban J connectivity index is 1.78. The van der Waals surface area contributed by atoms with Crippen molar-refractivity contribution in [3.05, 3.63) is 91.1 Å². The number of hydrogen-bond donors (Lipinski definition) is 0. The molecule has 0 saturated carbocycles. The number of carbonyl (C=O) groups is 3. The summed E-state index contributed by atoms with van der Waals surface area (Å²) >= 11 is 7.00. The fourth-order valence-corrected chi connectivity index (χ4v) is 4.99. The van der Waals surface area contributed by atoms with Crippen LogP contribution in [0, 0.1) is 18.3 Å². The molecule has 1 aromatic heterocycles. The van der Waals surface area contributed by atoms with Gasteiger partial charge in [-0.05, 0) is 67.8 Å². The van der Waals surface area contributed by atoms with Crippen molar-refractivity contribution in [2.75, 3.05) is 13.2 Å². The number of nitrogens with zero attached hydrogens (tertiary/aromatic N) is 1. The van der Waals surface area contributed by atoms with Crippen molar-refractivity contribution >= 4 is 46.7 Å². The number of rotatable bonds is 11. The first-order valence-electron chi connectivity index (χ1n) is 11.9. The molecule has 0 atom stereocenters. The average Bonchev–Trinajstić information content (AvgIpc) is 3.22. The summed E-state index contributed by atoms with van der Waals surface area (Å²) in [5.41, 5.74) is 2.02. The van der Waals surface area contributed by atoms with Crippen LogP contribution in [0.3, 0.4) is 0 Å². The highest BCUT2D eigenvalue weighted by molar-refractivity contribution is 7.14. The molecule has 2 aromatic carbocycles. The van der Waals surface area contributed by atoms with E-state index >= 15 is 0 Å². The van der Waals surface area contributed by atoms with Crippen LogP contribution in [0.4, 0.5) is 0 Å². The molecule has 196 valence electrons. The monoisotopic (exact) mass is 551 g/mol. The van der Waals surface area contributed by atoms with E-state index in [2.05, 4.69) is 0 Å². The Hall–Kier alpha value is -3.93. The van der Waals surface area contributed by atoms with Crippen molar-refractivity contribution in [2.45, 2.75) is 33.8 Å². The number of benzene rings is 2. The van der Waals surface area contributed by atoms with Crippen LogP contribution >= 0.6 is 22.9 Å². The Labute approximate surface area is 230 Å². The van der Waals surface area contributed by atoms with Gasteiger partial charge in [0.05, 0.1) is 24.4 Å². The van der Waals surface area contributed by atoms with Gasteiger partial charge in [0.1, 0.15) is 23.3 Å². The number of allylic oxidation sites excluding steroid dienone is 1. The third-order valence-corrected chi connectivity index (χ3v) is 6.89. The lowest BCUT2D eigenvalue weighted by molar-refractivity contribution is -0.114. The Bertz CT molecular complexity index is 1400. The molecule has 0 bridgehead atoms. The number of esters is 2. The number of ketones is 1. The van der Waals surface area contributed by atoms with E-state index in [4.69, 9.17) is 25.8 Å². The van der Waals surface area contributed by atoms with Crippen molar-refractivity contribution in [3.8, 4) is 11.8 Å². The lowest BCUT2D eigenvalue weighted by Crippen LogP contribution is -2.12. The second kappa shape index (κ2) is 13.6. The standard InChI is InChI=1S/C29H26ClNO6S/c1-4-35-28(33)26-18(3)27(29(34)36-5-2)38-25(26)15-24(32)21(16-31)13-19-9-11-23(12-10-19)37-17-20-7-6-8-22(30)14-20/h6-14H,4-5,15,17H2,1-3H3/b21-13+. The van der Waals surface area contributed by atoms with E-state index < -0.39 is 17.7 Å². The number of carbonyl (C=O) groups excluding carboxylic acids is 3. The molecular formula is C29H26ClNO6S. The molecule has 0 saturated heterocycles. The number of halogens is 1. The summed E-state index contributed by atoms with van der Waals surface area (Å²) in [7, 11) is 0. The average molecular weight is 552 g/mol. The first-order valence-corrected chi connectivity index (χ1v) is 13.1. The number of ether oxygens (including phenoxy) is 3. The van der Waals surface area contributed by atoms with Gasteiger partial charge in [0.25, 0.3) is 0 Å². The zero-order valence-corrected chi connectivity index (χ0v) is 22.8. The summed E-state index contributed by atoms with van der Waals surface area (Å²) < 4.78 is 16.0. The van der Waals surface area contributed by atoms with Gasteiger partial charge in [0.2, 0.25) is 0 Å². The SMILES string of the molecule is CCOC(=O)c1sc(CC(=O)/C(C#N)=C/c2ccc(OCc3cccc(Cl)c3)cc2)c(C(=O)OCC)c1C. The molecule has 0 spiro atoms. The topological polar surface area (TPSA) is 103 Å². The molecule has 0 amide bonds. The van der Waals surface area contributed by atoms with Crippen molar-refractivity contribution in [3.63, 3.8) is 0 Å². The molecule has 0 unspecified atom stereocenters. The minimum absolute atomic E-state index is 0.0869. The summed E-state index contributed by atoms with van der Waals surface area (Å²) in [4.78, 5) is 38.6. The van der Waals surface area contributed by atoms with Crippen LogP contribution in [0.1, 0.15) is 55.4 Å². The third-order valence-electron chi connectivity index (χ3n) is 5.39. The Kier molecular flexibility index (Phi) is 10.2. The van der Waals surface area contributed by atoms with E-state index in [1.54, 1.807) is 51.1 Å². The summed E-state index contributed by atoms with van der Waals surface area (Å²) in [5, 5.41) is 10.3. The minimum atomic E-state index is -0.629. The molecule has 9 heteroatoms. The van der Waals surface area contributed by atoms with Gasteiger partial charge in [-0.1, -0.05) is 35.9 Å². The highest BCUT2D eigenvalue weighted by atomic mass is 35.5. The lowest BCUT2D eigenvalue weighted by Gasteiger charge is -2.07. The van der Waals surface area contributed by atoms with Gasteiger partial charge >= 0.3 is 11.9 Å². The molecule has 0 fully saturated rings. The smallest absolute Gasteiger partial charge is 0.348 e. The van der Waals surface area contributed by atoms with Crippen molar-refractivity contribution in [1.29, 1.82) is 5.26 Å². The first-order chi connectivity index (χ1) is 18.3. The van der Waals surface area contributed by atoms with Crippen LogP contribution in [-0.4, -0.2) is 30.9 Å². The molecule has 3 aromatic rings. The number of Topliss-reactive ketones (excluding diaryl/α,β-unsaturated/α-hetero) is 1. The maximum Gasteiger partial charge on any atom is 0.348 e. The molecule has 1 heterocycles. The zero-order chi connectivity index (χ0) is 27.7. The predicted molar refractivity (Wildman–Crippen MR) is 145 cm³/mol. The van der Waals surface area contributed by atoms with E-state index in [1.807, 2.05) is 24.3 Å². The highest BCUT2D eigenvalue weighted by Gasteiger charge is 2.28. The largest absolute Gasteiger partial charge is 0.489 e. The summed E-state index contributed by atoms with van der Waals surface area (Å²) in [5.74, 6) is -1.08. The van der Waals surface area contributed by atoms with E-state index in [1.165, 1.54) is 6.08 Å². The maximum atomic E-state index is 13.1. The molecule has 0 aliphatic heterocycles. The molecule has 38 heavy (non-hydrogen) atoms. The molecule has 7 nitrogen and oxygen atoms in total. The van der Waals surface area contributed by atoms with Gasteiger partial charge in [0, 0.05) is 16.3 Å². The molecule has 0 N–H and O–H groups in total. The Morgan fingerprint density at radius 2 is 1.71 bits per heavy atom. The summed E-state index contributed by atoms with van der Waals surface area (Å²) in [6.45, 7) is 5.61. The van der Waals surface area contributed by atoms with E-state index in [0.717, 1.165) is 16.9 Å². The van der Waals surface area contributed by atoms with Gasteiger partial charge in [-0.15, -0.1) is 11.3 Å². The minimum Gasteiger partial charge on any atom is -0.489 e. The van der Waals surface area contributed by atoms with Crippen molar-refractivity contribution in [2.24, 2.45) is 0 Å². The highest BCUT2D eigenvalue weighted by Crippen LogP contribution is 2.31. The van der Waals surface area contributed by atoms with Crippen LogP contribution in [-0.2, 0) is 27.3 Å². The van der Waals surface area contributed by atoms with E-state index in [9.17, 15) is 19.6 Å². The maximum absolute atomic E-state index is 13.1. The molecule has 0 radical (unpaired) electrons. The number of thiophene rings is 1. The van der Waals surface area contributed by atoms with Crippen LogP contribution < -0.4 is 4.74 Å². The fraction of sp³-hybridized carbons (Fsp3) is 0.241. The predicted octanol–water partition coefficient (Wildman–Crippen LogP) is 6.36. The Morgan fingerprint density at radius 3 is 2.34 bits per heavy atom. The summed E-state index contributed by atoms with van der Waals surface area (Å²) in [6, 6.07) is 16.2. The van der Waals surface area contributed by atoms with Crippen LogP contribution in [0.15, 0.2) is 54.1 Å². The van der Waals surface area contributed by atoms with Crippen LogP contribution in [0.2, 0.25) is 5.02 Å². The second-order valence-electron chi connectivity index (χ2n) is 8.05. The fourth-order valence-electron chi connectivity index (χ4n) is 3.60. The molecule has 0 aliphatic carbocycles. The molecule has 3 rings (SSSR count). The van der Waals surface area contributed by atoms with Gasteiger partial charge in [-0.3, -0.25) is 4.79 Å². The quantitative estimate of drug-likeness (QED) is 0.155. The van der Waals surface area contributed by atoms with Crippen molar-refractivity contribution < 1.29 is 28.6 Å². The van der Waals surface area contributed by atoms with Crippen molar-refractivity contribution in [1.82, 2.24) is 0 Å². The van der Waals surface area contributed by atoms with E-state index in [0.29, 0.717) is 33.4 Å². The molecular weight excluding hydrogens is 526 g/mol. The van der Waals surface area contributed by atoms with Crippen LogP contribution in [0.25, 0.3) is 6.08 Å². The van der Waals surface area contributed by atoms with Gasteiger partial charge in [0.15, 0.2) is 5.78 Å². The van der Waals surface area contributed by atoms with Crippen LogP contribution in [0.5, 0.6) is 5.75 Å². The zero-order valence-electron chi connectivity index (χ0n) is 21.2. The van der Waals surface area contributed by atoms with Gasteiger partial charge in [-0.2, -0.15) is 5.26 Å². The van der Waals surface area contributed by atoms with Gasteiger partial charge < -0.3 is 14.2 Å². The first kappa shape index (κ1) is 28.6. The normalized spacial score (nSPS) is 11.0. The van der Waals surface area contributed by atoms with E-state index in [-0.39, 0.29) is 35.6 Å². The number of nitriles is 1. The molecule has 0 aliphatic rings. The van der Waals surface area contributed by atoms with Gasteiger partial charge in [-0.25, -0.2) is 9.59 Å². The lowest BCUT2D eigenvalue weighted by atomic mass is 10.0. The second-order valence-corrected chi connectivity index (χ2v) is 9.59. The Morgan fingerprint density at radius 1 is 1.03 bits per heavy atom. The summed E-state index contributed by atoms with van der Waals surface area (Å²) in [6.07, 6.45) is 1.24. The third kappa shape index (κ3) is 7.31. The number of hydrogen-bond acceptors (Lipinski definition) is 8.